The highest BCUT2D eigenvalue weighted by molar-refractivity contribution is 5.82. The van der Waals surface area contributed by atoms with E-state index in [4.69, 9.17) is 4.42 Å². The van der Waals surface area contributed by atoms with Crippen LogP contribution in [0.2, 0.25) is 0 Å². The third-order valence-electron chi connectivity index (χ3n) is 2.92. The number of rotatable bonds is 1. The Hall–Kier alpha value is -2.75. The van der Waals surface area contributed by atoms with Crippen LogP contribution < -0.4 is 5.43 Å². The summed E-state index contributed by atoms with van der Waals surface area (Å²) in [7, 11) is 0. The molecule has 94 valence electrons. The minimum absolute atomic E-state index is 0.0424. The SMILES string of the molecule is O=c1c(-c2cccc(O)c2)coc2cc(O)ccc12. The van der Waals surface area contributed by atoms with E-state index < -0.39 is 0 Å². The second kappa shape index (κ2) is 4.17. The van der Waals surface area contributed by atoms with E-state index in [2.05, 4.69) is 0 Å². The normalized spacial score (nSPS) is 10.7. The zero-order valence-electron chi connectivity index (χ0n) is 9.83. The Bertz CT molecular complexity index is 818. The number of hydrogen-bond acceptors (Lipinski definition) is 4. The molecule has 1 heterocycles. The largest absolute Gasteiger partial charge is 0.508 e. The van der Waals surface area contributed by atoms with Crippen LogP contribution in [0, 0.1) is 0 Å². The fourth-order valence-electron chi connectivity index (χ4n) is 1.99. The average Bonchev–Trinajstić information content (AvgIpc) is 2.39. The van der Waals surface area contributed by atoms with Gasteiger partial charge < -0.3 is 14.6 Å². The lowest BCUT2D eigenvalue weighted by atomic mass is 10.1. The Kier molecular flexibility index (Phi) is 2.49. The van der Waals surface area contributed by atoms with E-state index in [1.807, 2.05) is 0 Å². The Morgan fingerprint density at radius 2 is 1.74 bits per heavy atom. The van der Waals surface area contributed by atoms with E-state index in [9.17, 15) is 15.0 Å². The van der Waals surface area contributed by atoms with Gasteiger partial charge in [-0.1, -0.05) is 12.1 Å². The average molecular weight is 254 g/mol. The molecule has 0 aliphatic carbocycles. The van der Waals surface area contributed by atoms with Crippen molar-refractivity contribution in [3.63, 3.8) is 0 Å². The number of benzene rings is 2. The molecule has 3 rings (SSSR count). The fourth-order valence-corrected chi connectivity index (χ4v) is 1.99. The van der Waals surface area contributed by atoms with Gasteiger partial charge in [-0.3, -0.25) is 4.79 Å². The monoisotopic (exact) mass is 254 g/mol. The van der Waals surface area contributed by atoms with Crippen molar-refractivity contribution in [3.8, 4) is 22.6 Å². The Morgan fingerprint density at radius 3 is 2.53 bits per heavy atom. The summed E-state index contributed by atoms with van der Waals surface area (Å²) in [5, 5.41) is 19.2. The first-order chi connectivity index (χ1) is 9.15. The number of fused-ring (bicyclic) bond motifs is 1. The molecule has 0 saturated carbocycles. The molecule has 4 heteroatoms. The highest BCUT2D eigenvalue weighted by Gasteiger charge is 2.09. The van der Waals surface area contributed by atoms with Gasteiger partial charge in [0, 0.05) is 6.07 Å². The topological polar surface area (TPSA) is 70.7 Å². The molecule has 0 radical (unpaired) electrons. The maximum atomic E-state index is 12.3. The van der Waals surface area contributed by atoms with Crippen molar-refractivity contribution >= 4 is 11.0 Å². The van der Waals surface area contributed by atoms with E-state index in [0.717, 1.165) is 0 Å². The molecule has 3 aromatic rings. The first-order valence-corrected chi connectivity index (χ1v) is 5.69. The quantitative estimate of drug-likeness (QED) is 0.700. The van der Waals surface area contributed by atoms with Gasteiger partial charge in [0.25, 0.3) is 0 Å². The molecule has 0 bridgehead atoms. The maximum absolute atomic E-state index is 12.3. The molecule has 1 aromatic heterocycles. The van der Waals surface area contributed by atoms with Gasteiger partial charge in [-0.25, -0.2) is 0 Å². The van der Waals surface area contributed by atoms with Crippen LogP contribution in [0.5, 0.6) is 11.5 Å². The van der Waals surface area contributed by atoms with E-state index in [1.165, 1.54) is 36.6 Å². The smallest absolute Gasteiger partial charge is 0.200 e. The van der Waals surface area contributed by atoms with E-state index in [-0.39, 0.29) is 16.9 Å². The van der Waals surface area contributed by atoms with Gasteiger partial charge >= 0.3 is 0 Å². The second-order valence-electron chi connectivity index (χ2n) is 4.21. The highest BCUT2D eigenvalue weighted by atomic mass is 16.3. The van der Waals surface area contributed by atoms with Crippen LogP contribution in [0.25, 0.3) is 22.1 Å². The number of aromatic hydroxyl groups is 2. The van der Waals surface area contributed by atoms with Crippen molar-refractivity contribution in [1.82, 2.24) is 0 Å². The predicted molar refractivity (Wildman–Crippen MR) is 71.2 cm³/mol. The zero-order chi connectivity index (χ0) is 13.4. The first-order valence-electron chi connectivity index (χ1n) is 5.69. The summed E-state index contributed by atoms with van der Waals surface area (Å²) in [6.07, 6.45) is 1.33. The molecule has 0 fully saturated rings. The van der Waals surface area contributed by atoms with Gasteiger partial charge in [0.15, 0.2) is 5.43 Å². The lowest BCUT2D eigenvalue weighted by molar-refractivity contribution is 0.474. The summed E-state index contributed by atoms with van der Waals surface area (Å²) in [5.41, 5.74) is 1.08. The van der Waals surface area contributed by atoms with Gasteiger partial charge in [0.05, 0.1) is 10.9 Å². The molecule has 2 aromatic carbocycles. The molecule has 19 heavy (non-hydrogen) atoms. The molecule has 0 atom stereocenters. The van der Waals surface area contributed by atoms with E-state index in [0.29, 0.717) is 22.1 Å². The van der Waals surface area contributed by atoms with Crippen molar-refractivity contribution in [3.05, 3.63) is 59.0 Å². The van der Waals surface area contributed by atoms with Crippen molar-refractivity contribution in [2.75, 3.05) is 0 Å². The number of phenols is 2. The lowest BCUT2D eigenvalue weighted by Crippen LogP contribution is -2.04. The van der Waals surface area contributed by atoms with Gasteiger partial charge in [0.2, 0.25) is 0 Å². The van der Waals surface area contributed by atoms with Gasteiger partial charge in [-0.2, -0.15) is 0 Å². The van der Waals surface area contributed by atoms with Gasteiger partial charge in [-0.15, -0.1) is 0 Å². The molecular weight excluding hydrogens is 244 g/mol. The molecule has 0 unspecified atom stereocenters. The van der Waals surface area contributed by atoms with Crippen LogP contribution >= 0.6 is 0 Å². The number of hydrogen-bond donors (Lipinski definition) is 2. The molecule has 0 saturated heterocycles. The predicted octanol–water partition coefficient (Wildman–Crippen LogP) is 2.87. The lowest BCUT2D eigenvalue weighted by Gasteiger charge is -2.03. The molecule has 0 aliphatic rings. The summed E-state index contributed by atoms with van der Waals surface area (Å²) >= 11 is 0. The van der Waals surface area contributed by atoms with Crippen LogP contribution in [0.3, 0.4) is 0 Å². The summed E-state index contributed by atoms with van der Waals surface area (Å²) < 4.78 is 5.36. The summed E-state index contributed by atoms with van der Waals surface area (Å²) in [6.45, 7) is 0. The Balaban J connectivity index is 2.29. The molecular formula is C15H10O4. The summed E-state index contributed by atoms with van der Waals surface area (Å²) in [6, 6.07) is 10.8. The second-order valence-corrected chi connectivity index (χ2v) is 4.21. The number of phenolic OH excluding ortho intramolecular Hbond substituents is 2. The summed E-state index contributed by atoms with van der Waals surface area (Å²) in [5.74, 6) is 0.128. The van der Waals surface area contributed by atoms with Crippen LogP contribution in [-0.2, 0) is 0 Å². The third kappa shape index (κ3) is 1.93. The van der Waals surface area contributed by atoms with E-state index in [1.54, 1.807) is 12.1 Å². The fraction of sp³-hybridized carbons (Fsp3) is 0. The van der Waals surface area contributed by atoms with Crippen molar-refractivity contribution in [2.45, 2.75) is 0 Å². The molecule has 0 aliphatic heterocycles. The van der Waals surface area contributed by atoms with Gasteiger partial charge in [0.1, 0.15) is 23.3 Å². The van der Waals surface area contributed by atoms with Crippen LogP contribution in [0.1, 0.15) is 0 Å². The summed E-state index contributed by atoms with van der Waals surface area (Å²) in [4.78, 5) is 12.3. The van der Waals surface area contributed by atoms with Gasteiger partial charge in [-0.05, 0) is 29.8 Å². The maximum Gasteiger partial charge on any atom is 0.200 e. The van der Waals surface area contributed by atoms with Crippen LogP contribution in [0.15, 0.2) is 57.9 Å². The van der Waals surface area contributed by atoms with Crippen LogP contribution in [-0.4, -0.2) is 10.2 Å². The highest BCUT2D eigenvalue weighted by Crippen LogP contribution is 2.24. The van der Waals surface area contributed by atoms with E-state index >= 15 is 0 Å². The third-order valence-corrected chi connectivity index (χ3v) is 2.92. The molecule has 0 spiro atoms. The standard InChI is InChI=1S/C15H10O4/c16-10-3-1-2-9(6-10)13-8-19-14-7-11(17)4-5-12(14)15(13)18/h1-8,16-17H. The molecule has 0 amide bonds. The molecule has 2 N–H and O–H groups in total. The Morgan fingerprint density at radius 1 is 0.947 bits per heavy atom. The van der Waals surface area contributed by atoms with Crippen LogP contribution in [0.4, 0.5) is 0 Å². The van der Waals surface area contributed by atoms with Crippen molar-refractivity contribution < 1.29 is 14.6 Å². The van der Waals surface area contributed by atoms with Crippen molar-refractivity contribution in [1.29, 1.82) is 0 Å². The minimum atomic E-state index is -0.202. The minimum Gasteiger partial charge on any atom is -0.508 e. The zero-order valence-corrected chi connectivity index (χ0v) is 9.83. The first kappa shape index (κ1) is 11.3. The molecule has 4 nitrogen and oxygen atoms in total. The Labute approximate surface area is 108 Å². The van der Waals surface area contributed by atoms with Crippen molar-refractivity contribution in [2.24, 2.45) is 0 Å².